The van der Waals surface area contributed by atoms with E-state index in [1.807, 2.05) is 11.6 Å². The first-order chi connectivity index (χ1) is 9.16. The van der Waals surface area contributed by atoms with Gasteiger partial charge in [-0.3, -0.25) is 4.79 Å². The molecule has 100 valence electrons. The van der Waals surface area contributed by atoms with Crippen LogP contribution in [0.25, 0.3) is 0 Å². The Balaban J connectivity index is 1.91. The quantitative estimate of drug-likeness (QED) is 0.857. The number of carbonyl (C=O) groups is 1. The van der Waals surface area contributed by atoms with Gasteiger partial charge in [-0.05, 0) is 25.8 Å². The SMILES string of the molecule is Cc1cc2c(n1CC(C)c1nccs1)CCCC2=O. The molecule has 1 atom stereocenters. The van der Waals surface area contributed by atoms with Crippen LogP contribution in [-0.2, 0) is 13.0 Å². The number of carbonyl (C=O) groups excluding carboxylic acids is 1. The molecule has 0 saturated heterocycles. The van der Waals surface area contributed by atoms with E-state index in [1.54, 1.807) is 11.3 Å². The zero-order chi connectivity index (χ0) is 13.4. The molecule has 2 aromatic heterocycles. The van der Waals surface area contributed by atoms with Gasteiger partial charge in [-0.1, -0.05) is 6.92 Å². The van der Waals surface area contributed by atoms with Gasteiger partial charge in [-0.25, -0.2) is 4.98 Å². The molecule has 1 unspecified atom stereocenters. The second-order valence-corrected chi connectivity index (χ2v) is 6.23. The number of thiazole rings is 1. The van der Waals surface area contributed by atoms with Gasteiger partial charge in [0.15, 0.2) is 5.78 Å². The molecule has 0 amide bonds. The Hall–Kier alpha value is -1.42. The average Bonchev–Trinajstić information content (AvgIpc) is 3.00. The van der Waals surface area contributed by atoms with Gasteiger partial charge in [0.2, 0.25) is 0 Å². The van der Waals surface area contributed by atoms with Crippen molar-refractivity contribution in [1.29, 1.82) is 0 Å². The summed E-state index contributed by atoms with van der Waals surface area (Å²) in [4.78, 5) is 16.3. The summed E-state index contributed by atoms with van der Waals surface area (Å²) in [7, 11) is 0. The van der Waals surface area contributed by atoms with Gasteiger partial charge in [-0.15, -0.1) is 11.3 Å². The number of aryl methyl sites for hydroxylation is 1. The first-order valence-corrected chi connectivity index (χ1v) is 7.66. The van der Waals surface area contributed by atoms with E-state index in [9.17, 15) is 4.79 Å². The fourth-order valence-corrected chi connectivity index (χ4v) is 3.56. The lowest BCUT2D eigenvalue weighted by Gasteiger charge is -2.18. The zero-order valence-corrected chi connectivity index (χ0v) is 12.2. The van der Waals surface area contributed by atoms with Crippen molar-refractivity contribution in [1.82, 2.24) is 9.55 Å². The summed E-state index contributed by atoms with van der Waals surface area (Å²) in [6.45, 7) is 5.22. The van der Waals surface area contributed by atoms with E-state index in [-0.39, 0.29) is 0 Å². The van der Waals surface area contributed by atoms with Crippen LogP contribution in [0.2, 0.25) is 0 Å². The molecule has 2 aromatic rings. The van der Waals surface area contributed by atoms with Crippen LogP contribution in [0.1, 0.15) is 52.4 Å². The summed E-state index contributed by atoms with van der Waals surface area (Å²) in [5.74, 6) is 0.706. The third kappa shape index (κ3) is 2.25. The minimum absolute atomic E-state index is 0.310. The topological polar surface area (TPSA) is 34.9 Å². The standard InChI is InChI=1S/C15H18N2OS/c1-10(15-16-6-7-19-15)9-17-11(2)8-12-13(17)4-3-5-14(12)18/h6-8,10H,3-5,9H2,1-2H3. The normalized spacial score (nSPS) is 16.4. The van der Waals surface area contributed by atoms with E-state index >= 15 is 0 Å². The summed E-state index contributed by atoms with van der Waals surface area (Å²) >= 11 is 1.71. The maximum atomic E-state index is 11.9. The molecule has 3 nitrogen and oxygen atoms in total. The van der Waals surface area contributed by atoms with Crippen LogP contribution < -0.4 is 0 Å². The fourth-order valence-electron chi connectivity index (χ4n) is 2.87. The Kier molecular flexibility index (Phi) is 3.27. The second-order valence-electron chi connectivity index (χ2n) is 5.30. The molecule has 0 aromatic carbocycles. The fraction of sp³-hybridized carbons (Fsp3) is 0.467. The lowest BCUT2D eigenvalue weighted by atomic mass is 9.96. The summed E-state index contributed by atoms with van der Waals surface area (Å²) in [6, 6.07) is 2.06. The highest BCUT2D eigenvalue weighted by molar-refractivity contribution is 7.09. The van der Waals surface area contributed by atoms with Crippen molar-refractivity contribution in [2.24, 2.45) is 0 Å². The molecular formula is C15H18N2OS. The smallest absolute Gasteiger partial charge is 0.164 e. The van der Waals surface area contributed by atoms with Gasteiger partial charge in [-0.2, -0.15) is 0 Å². The van der Waals surface area contributed by atoms with E-state index in [2.05, 4.69) is 29.5 Å². The summed E-state index contributed by atoms with van der Waals surface area (Å²) in [6.07, 6.45) is 4.58. The van der Waals surface area contributed by atoms with Gasteiger partial charge in [0.05, 0.1) is 5.01 Å². The molecule has 0 spiro atoms. The number of Topliss-reactive ketones (excluding diaryl/α,β-unsaturated/α-hetero) is 1. The predicted molar refractivity (Wildman–Crippen MR) is 77.0 cm³/mol. The number of rotatable bonds is 3. The summed E-state index contributed by atoms with van der Waals surface area (Å²) in [5, 5.41) is 3.19. The molecule has 4 heteroatoms. The number of hydrogen-bond acceptors (Lipinski definition) is 3. The molecule has 2 heterocycles. The first kappa shape index (κ1) is 12.6. The highest BCUT2D eigenvalue weighted by atomic mass is 32.1. The van der Waals surface area contributed by atoms with E-state index < -0.39 is 0 Å². The Morgan fingerprint density at radius 1 is 1.47 bits per heavy atom. The molecule has 0 N–H and O–H groups in total. The van der Waals surface area contributed by atoms with Crippen LogP contribution in [0.3, 0.4) is 0 Å². The zero-order valence-electron chi connectivity index (χ0n) is 11.3. The predicted octanol–water partition coefficient (Wildman–Crippen LogP) is 3.58. The molecular weight excluding hydrogens is 256 g/mol. The third-order valence-corrected chi connectivity index (χ3v) is 4.87. The van der Waals surface area contributed by atoms with Crippen molar-refractivity contribution in [3.05, 3.63) is 39.6 Å². The number of aromatic nitrogens is 2. The molecule has 0 aliphatic heterocycles. The van der Waals surface area contributed by atoms with Crippen molar-refractivity contribution in [3.63, 3.8) is 0 Å². The van der Waals surface area contributed by atoms with E-state index in [0.29, 0.717) is 18.1 Å². The van der Waals surface area contributed by atoms with Gasteiger partial charge in [0.1, 0.15) is 0 Å². The second kappa shape index (κ2) is 4.93. The average molecular weight is 274 g/mol. The third-order valence-electron chi connectivity index (χ3n) is 3.86. The minimum atomic E-state index is 0.310. The van der Waals surface area contributed by atoms with Crippen LogP contribution >= 0.6 is 11.3 Å². The molecule has 19 heavy (non-hydrogen) atoms. The van der Waals surface area contributed by atoms with Gasteiger partial charge >= 0.3 is 0 Å². The number of ketones is 1. The van der Waals surface area contributed by atoms with Crippen LogP contribution in [0.5, 0.6) is 0 Å². The maximum absolute atomic E-state index is 11.9. The number of hydrogen-bond donors (Lipinski definition) is 0. The highest BCUT2D eigenvalue weighted by Gasteiger charge is 2.23. The Morgan fingerprint density at radius 2 is 2.32 bits per heavy atom. The Morgan fingerprint density at radius 3 is 3.05 bits per heavy atom. The monoisotopic (exact) mass is 274 g/mol. The Labute approximate surface area is 117 Å². The highest BCUT2D eigenvalue weighted by Crippen LogP contribution is 2.28. The van der Waals surface area contributed by atoms with Crippen LogP contribution in [-0.4, -0.2) is 15.3 Å². The molecule has 0 fully saturated rings. The first-order valence-electron chi connectivity index (χ1n) is 6.78. The van der Waals surface area contributed by atoms with Crippen LogP contribution in [0.15, 0.2) is 17.6 Å². The molecule has 0 radical (unpaired) electrons. The van der Waals surface area contributed by atoms with Crippen molar-refractivity contribution in [2.75, 3.05) is 0 Å². The lowest BCUT2D eigenvalue weighted by Crippen LogP contribution is -2.16. The van der Waals surface area contributed by atoms with Crippen LogP contribution in [0, 0.1) is 6.92 Å². The van der Waals surface area contributed by atoms with Crippen molar-refractivity contribution in [2.45, 2.75) is 45.6 Å². The number of nitrogens with zero attached hydrogens (tertiary/aromatic N) is 2. The molecule has 3 rings (SSSR count). The van der Waals surface area contributed by atoms with Crippen LogP contribution in [0.4, 0.5) is 0 Å². The molecule has 0 bridgehead atoms. The molecule has 1 aliphatic carbocycles. The Bertz CT molecular complexity index is 598. The van der Waals surface area contributed by atoms with Crippen molar-refractivity contribution >= 4 is 17.1 Å². The number of fused-ring (bicyclic) bond motifs is 1. The van der Waals surface area contributed by atoms with Gasteiger partial charge in [0.25, 0.3) is 0 Å². The van der Waals surface area contributed by atoms with Crippen molar-refractivity contribution < 1.29 is 4.79 Å². The van der Waals surface area contributed by atoms with E-state index in [4.69, 9.17) is 0 Å². The van der Waals surface area contributed by atoms with E-state index in [0.717, 1.165) is 24.9 Å². The van der Waals surface area contributed by atoms with Gasteiger partial charge in [0, 0.05) is 47.4 Å². The molecule has 1 aliphatic rings. The largest absolute Gasteiger partial charge is 0.347 e. The summed E-state index contributed by atoms with van der Waals surface area (Å²) in [5.41, 5.74) is 3.39. The minimum Gasteiger partial charge on any atom is -0.347 e. The maximum Gasteiger partial charge on any atom is 0.164 e. The summed E-state index contributed by atoms with van der Waals surface area (Å²) < 4.78 is 2.32. The van der Waals surface area contributed by atoms with Gasteiger partial charge < -0.3 is 4.57 Å². The van der Waals surface area contributed by atoms with Crippen molar-refractivity contribution in [3.8, 4) is 0 Å². The van der Waals surface area contributed by atoms with E-state index in [1.165, 1.54) is 16.4 Å². The molecule has 0 saturated carbocycles. The lowest BCUT2D eigenvalue weighted by molar-refractivity contribution is 0.0971.